The zero-order valence-electron chi connectivity index (χ0n) is 8.88. The maximum Gasteiger partial charge on any atom is 0.120 e. The van der Waals surface area contributed by atoms with Crippen molar-refractivity contribution in [1.29, 1.82) is 0 Å². The average molecular weight is 193 g/mol. The lowest BCUT2D eigenvalue weighted by molar-refractivity contribution is 0.442. The van der Waals surface area contributed by atoms with Crippen LogP contribution >= 0.6 is 0 Å². The molecule has 0 saturated heterocycles. The number of aryl methyl sites for hydroxylation is 1. The van der Waals surface area contributed by atoms with Crippen molar-refractivity contribution < 1.29 is 4.42 Å². The van der Waals surface area contributed by atoms with Crippen LogP contribution in [-0.4, -0.2) is 6.54 Å². The van der Waals surface area contributed by atoms with Crippen LogP contribution in [0.4, 0.5) is 0 Å². The number of hydrogen-bond acceptors (Lipinski definition) is 2. The summed E-state index contributed by atoms with van der Waals surface area (Å²) in [6.07, 6.45) is 7.43. The first kappa shape index (κ1) is 9.78. The maximum absolute atomic E-state index is 5.37. The van der Waals surface area contributed by atoms with Crippen LogP contribution in [0.15, 0.2) is 16.7 Å². The van der Waals surface area contributed by atoms with Crippen LogP contribution < -0.4 is 5.32 Å². The Kier molecular flexibility index (Phi) is 3.25. The summed E-state index contributed by atoms with van der Waals surface area (Å²) in [5, 5.41) is 3.48. The molecule has 14 heavy (non-hydrogen) atoms. The predicted octanol–water partition coefficient (Wildman–Crippen LogP) is 2.87. The fourth-order valence-electron chi connectivity index (χ4n) is 2.19. The highest BCUT2D eigenvalue weighted by molar-refractivity contribution is 5.14. The molecule has 1 N–H and O–H groups in total. The summed E-state index contributed by atoms with van der Waals surface area (Å²) in [4.78, 5) is 0. The Bertz CT molecular complexity index is 274. The second-order valence-electron chi connectivity index (χ2n) is 4.31. The van der Waals surface area contributed by atoms with E-state index in [1.807, 2.05) is 6.07 Å². The van der Waals surface area contributed by atoms with Gasteiger partial charge < -0.3 is 9.73 Å². The zero-order chi connectivity index (χ0) is 9.80. The molecule has 0 aromatic carbocycles. The Morgan fingerprint density at radius 1 is 1.43 bits per heavy atom. The second-order valence-corrected chi connectivity index (χ2v) is 4.31. The van der Waals surface area contributed by atoms with Crippen molar-refractivity contribution in [3.8, 4) is 0 Å². The van der Waals surface area contributed by atoms with Crippen LogP contribution in [0.1, 0.15) is 37.0 Å². The molecule has 0 atom stereocenters. The summed E-state index contributed by atoms with van der Waals surface area (Å²) >= 11 is 0. The Hall–Kier alpha value is -0.760. The number of hydrogen-bond donors (Lipinski definition) is 1. The van der Waals surface area contributed by atoms with E-state index >= 15 is 0 Å². The summed E-state index contributed by atoms with van der Waals surface area (Å²) in [5.41, 5.74) is 1.25. The van der Waals surface area contributed by atoms with Crippen LogP contribution in [0.25, 0.3) is 0 Å². The van der Waals surface area contributed by atoms with Crippen LogP contribution in [-0.2, 0) is 6.54 Å². The molecule has 0 amide bonds. The molecule has 0 spiro atoms. The van der Waals surface area contributed by atoms with E-state index in [0.29, 0.717) is 0 Å². The molecule has 1 aromatic rings. The molecule has 1 heterocycles. The van der Waals surface area contributed by atoms with E-state index < -0.39 is 0 Å². The Labute approximate surface area is 85.7 Å². The first-order valence-corrected chi connectivity index (χ1v) is 5.60. The van der Waals surface area contributed by atoms with Gasteiger partial charge in [-0.15, -0.1) is 0 Å². The minimum Gasteiger partial charge on any atom is -0.468 e. The fraction of sp³-hybridized carbons (Fsp3) is 0.667. The van der Waals surface area contributed by atoms with Gasteiger partial charge in [-0.05, 0) is 43.9 Å². The predicted molar refractivity (Wildman–Crippen MR) is 57.1 cm³/mol. The summed E-state index contributed by atoms with van der Waals surface area (Å²) in [6, 6.07) is 2.02. The van der Waals surface area contributed by atoms with Gasteiger partial charge in [-0.25, -0.2) is 0 Å². The van der Waals surface area contributed by atoms with E-state index in [0.717, 1.165) is 24.8 Å². The van der Waals surface area contributed by atoms with Gasteiger partial charge in [0.2, 0.25) is 0 Å². The van der Waals surface area contributed by atoms with E-state index in [1.165, 1.54) is 31.2 Å². The van der Waals surface area contributed by atoms with E-state index in [4.69, 9.17) is 4.42 Å². The van der Waals surface area contributed by atoms with Gasteiger partial charge in [0.1, 0.15) is 5.76 Å². The highest BCUT2D eigenvalue weighted by Crippen LogP contribution is 2.23. The molecule has 2 rings (SSSR count). The highest BCUT2D eigenvalue weighted by Gasteiger charge is 2.14. The second kappa shape index (κ2) is 4.65. The van der Waals surface area contributed by atoms with Crippen molar-refractivity contribution in [2.45, 2.75) is 39.2 Å². The van der Waals surface area contributed by atoms with Gasteiger partial charge in [0.25, 0.3) is 0 Å². The van der Waals surface area contributed by atoms with Gasteiger partial charge in [0.15, 0.2) is 0 Å². The third-order valence-electron chi connectivity index (χ3n) is 3.16. The topological polar surface area (TPSA) is 25.2 Å². The van der Waals surface area contributed by atoms with Gasteiger partial charge in [-0.1, -0.05) is 12.8 Å². The minimum atomic E-state index is 0.884. The molecule has 78 valence electrons. The van der Waals surface area contributed by atoms with Crippen molar-refractivity contribution in [1.82, 2.24) is 5.32 Å². The number of rotatable bonds is 4. The SMILES string of the molecule is Cc1ccoc1CNCC1CCCC1. The average Bonchev–Trinajstić information content (AvgIpc) is 2.78. The van der Waals surface area contributed by atoms with Crippen molar-refractivity contribution in [3.63, 3.8) is 0 Å². The Morgan fingerprint density at radius 3 is 2.86 bits per heavy atom. The molecule has 2 nitrogen and oxygen atoms in total. The van der Waals surface area contributed by atoms with Gasteiger partial charge in [0, 0.05) is 0 Å². The summed E-state index contributed by atoms with van der Waals surface area (Å²) in [7, 11) is 0. The smallest absolute Gasteiger partial charge is 0.120 e. The molecule has 1 aromatic heterocycles. The van der Waals surface area contributed by atoms with Crippen LogP contribution in [0.5, 0.6) is 0 Å². The van der Waals surface area contributed by atoms with Crippen LogP contribution in [0, 0.1) is 12.8 Å². The lowest BCUT2D eigenvalue weighted by atomic mass is 10.1. The molecular formula is C12H19NO. The standard InChI is InChI=1S/C12H19NO/c1-10-6-7-14-12(10)9-13-8-11-4-2-3-5-11/h6-7,11,13H,2-5,8-9H2,1H3. The van der Waals surface area contributed by atoms with Gasteiger partial charge in [-0.2, -0.15) is 0 Å². The molecular weight excluding hydrogens is 174 g/mol. The van der Waals surface area contributed by atoms with Gasteiger partial charge >= 0.3 is 0 Å². The van der Waals surface area contributed by atoms with E-state index in [9.17, 15) is 0 Å². The fourth-order valence-corrected chi connectivity index (χ4v) is 2.19. The normalized spacial score (nSPS) is 17.8. The molecule has 0 unspecified atom stereocenters. The molecule has 0 aliphatic heterocycles. The molecule has 0 bridgehead atoms. The number of nitrogens with one attached hydrogen (secondary N) is 1. The van der Waals surface area contributed by atoms with Crippen LogP contribution in [0.3, 0.4) is 0 Å². The summed E-state index contributed by atoms with van der Waals surface area (Å²) < 4.78 is 5.37. The van der Waals surface area contributed by atoms with Crippen molar-refractivity contribution in [2.24, 2.45) is 5.92 Å². The third kappa shape index (κ3) is 2.38. The van der Waals surface area contributed by atoms with Gasteiger partial charge in [-0.3, -0.25) is 0 Å². The Morgan fingerprint density at radius 2 is 2.21 bits per heavy atom. The number of furan rings is 1. The molecule has 2 heteroatoms. The van der Waals surface area contributed by atoms with E-state index in [1.54, 1.807) is 6.26 Å². The minimum absolute atomic E-state index is 0.884. The Balaban J connectivity index is 1.70. The zero-order valence-corrected chi connectivity index (χ0v) is 8.88. The molecule has 0 radical (unpaired) electrons. The largest absolute Gasteiger partial charge is 0.468 e. The van der Waals surface area contributed by atoms with Crippen LogP contribution in [0.2, 0.25) is 0 Å². The third-order valence-corrected chi connectivity index (χ3v) is 3.16. The molecule has 1 saturated carbocycles. The first-order valence-electron chi connectivity index (χ1n) is 5.60. The molecule has 1 aliphatic rings. The van der Waals surface area contributed by atoms with Crippen molar-refractivity contribution in [2.75, 3.05) is 6.54 Å². The lowest BCUT2D eigenvalue weighted by Gasteiger charge is -2.09. The monoisotopic (exact) mass is 193 g/mol. The molecule has 1 aliphatic carbocycles. The lowest BCUT2D eigenvalue weighted by Crippen LogP contribution is -2.20. The first-order chi connectivity index (χ1) is 6.86. The molecule has 1 fully saturated rings. The van der Waals surface area contributed by atoms with Crippen molar-refractivity contribution >= 4 is 0 Å². The quantitative estimate of drug-likeness (QED) is 0.795. The van der Waals surface area contributed by atoms with E-state index in [2.05, 4.69) is 12.2 Å². The summed E-state index contributed by atoms with van der Waals surface area (Å²) in [6.45, 7) is 4.13. The van der Waals surface area contributed by atoms with Crippen molar-refractivity contribution in [3.05, 3.63) is 23.7 Å². The maximum atomic E-state index is 5.37. The highest BCUT2D eigenvalue weighted by atomic mass is 16.3. The summed E-state index contributed by atoms with van der Waals surface area (Å²) in [5.74, 6) is 1.99. The van der Waals surface area contributed by atoms with E-state index in [-0.39, 0.29) is 0 Å². The van der Waals surface area contributed by atoms with Gasteiger partial charge in [0.05, 0.1) is 12.8 Å².